The molecule has 1 aromatic heterocycles. The molecule has 8 nitrogen and oxygen atoms in total. The number of pyridine rings is 1. The van der Waals surface area contributed by atoms with Crippen molar-refractivity contribution < 1.29 is 13.2 Å². The summed E-state index contributed by atoms with van der Waals surface area (Å²) in [7, 11) is -3.64. The molecular weight excluding hydrogens is 462 g/mol. The topological polar surface area (TPSA) is 103 Å². The van der Waals surface area contributed by atoms with Crippen LogP contribution < -0.4 is 15.4 Å². The standard InChI is InChI=1S/C26H31N5O3S/c32-26(21-9-3-1-4-10-21)30-24-13-15-27-20-25(24)29-22-11-7-12-23(19-22)35(33,34)28-14-8-18-31-16-5-2-6-17-31/h1,3-4,7,9-13,15,19-20,28-29H,2,5-6,8,14,16-18H2,(H,27,30,32). The zero-order chi connectivity index (χ0) is 24.5. The number of carbonyl (C=O) groups excluding carboxylic acids is 1. The van der Waals surface area contributed by atoms with E-state index < -0.39 is 10.0 Å². The summed E-state index contributed by atoms with van der Waals surface area (Å²) < 4.78 is 28.4. The van der Waals surface area contributed by atoms with Gasteiger partial charge >= 0.3 is 0 Å². The second kappa shape index (κ2) is 11.9. The molecule has 3 aromatic rings. The predicted octanol–water partition coefficient (Wildman–Crippen LogP) is 4.23. The Kier molecular flexibility index (Phi) is 8.46. The molecule has 9 heteroatoms. The van der Waals surface area contributed by atoms with Gasteiger partial charge < -0.3 is 15.5 Å². The lowest BCUT2D eigenvalue weighted by Gasteiger charge is -2.26. The smallest absolute Gasteiger partial charge is 0.255 e. The number of carbonyl (C=O) groups is 1. The van der Waals surface area contributed by atoms with Gasteiger partial charge in [0.15, 0.2) is 0 Å². The maximum Gasteiger partial charge on any atom is 0.255 e. The molecule has 184 valence electrons. The Hall–Kier alpha value is -3.27. The first-order chi connectivity index (χ1) is 17.0. The third-order valence-electron chi connectivity index (χ3n) is 5.92. The van der Waals surface area contributed by atoms with Crippen molar-refractivity contribution >= 4 is 33.0 Å². The van der Waals surface area contributed by atoms with E-state index in [0.29, 0.717) is 29.2 Å². The van der Waals surface area contributed by atoms with E-state index in [2.05, 4.69) is 25.2 Å². The fourth-order valence-electron chi connectivity index (χ4n) is 4.06. The first kappa shape index (κ1) is 24.8. The molecule has 0 saturated carbocycles. The Labute approximate surface area is 206 Å². The van der Waals surface area contributed by atoms with Crippen LogP contribution >= 0.6 is 0 Å². The van der Waals surface area contributed by atoms with Crippen molar-refractivity contribution in [2.45, 2.75) is 30.6 Å². The van der Waals surface area contributed by atoms with E-state index in [1.165, 1.54) is 19.3 Å². The lowest BCUT2D eigenvalue weighted by molar-refractivity contribution is 0.102. The molecule has 1 saturated heterocycles. The first-order valence-electron chi connectivity index (χ1n) is 11.9. The highest BCUT2D eigenvalue weighted by Crippen LogP contribution is 2.26. The van der Waals surface area contributed by atoms with Gasteiger partial charge in [-0.15, -0.1) is 0 Å². The third-order valence-corrected chi connectivity index (χ3v) is 7.38. The summed E-state index contributed by atoms with van der Waals surface area (Å²) >= 11 is 0. The highest BCUT2D eigenvalue weighted by atomic mass is 32.2. The average Bonchev–Trinajstić information content (AvgIpc) is 2.89. The summed E-state index contributed by atoms with van der Waals surface area (Å²) in [6.07, 6.45) is 7.67. The van der Waals surface area contributed by atoms with Gasteiger partial charge in [-0.05, 0) is 75.3 Å². The second-order valence-electron chi connectivity index (χ2n) is 8.55. The number of sulfonamides is 1. The maximum absolute atomic E-state index is 12.8. The number of rotatable bonds is 10. The van der Waals surface area contributed by atoms with Crippen LogP contribution in [0.5, 0.6) is 0 Å². The molecule has 4 rings (SSSR count). The minimum Gasteiger partial charge on any atom is -0.353 e. The number of nitrogens with one attached hydrogen (secondary N) is 3. The first-order valence-corrected chi connectivity index (χ1v) is 13.4. The number of aromatic nitrogens is 1. The molecule has 35 heavy (non-hydrogen) atoms. The number of piperidine rings is 1. The van der Waals surface area contributed by atoms with Gasteiger partial charge in [0.25, 0.3) is 5.91 Å². The van der Waals surface area contributed by atoms with Crippen molar-refractivity contribution in [2.24, 2.45) is 0 Å². The van der Waals surface area contributed by atoms with Crippen LogP contribution in [0.25, 0.3) is 0 Å². The van der Waals surface area contributed by atoms with Crippen LogP contribution in [0.15, 0.2) is 78.0 Å². The minimum atomic E-state index is -3.64. The fraction of sp³-hybridized carbons (Fsp3) is 0.308. The quantitative estimate of drug-likeness (QED) is 0.365. The lowest BCUT2D eigenvalue weighted by atomic mass is 10.1. The summed E-state index contributed by atoms with van der Waals surface area (Å²) in [5.74, 6) is -0.245. The van der Waals surface area contributed by atoms with Crippen molar-refractivity contribution in [3.63, 3.8) is 0 Å². The zero-order valence-corrected chi connectivity index (χ0v) is 20.4. The monoisotopic (exact) mass is 493 g/mol. The van der Waals surface area contributed by atoms with Crippen LogP contribution in [-0.4, -0.2) is 50.4 Å². The van der Waals surface area contributed by atoms with Gasteiger partial charge in [-0.2, -0.15) is 0 Å². The summed E-state index contributed by atoms with van der Waals surface area (Å²) in [5, 5.41) is 6.05. The van der Waals surface area contributed by atoms with E-state index in [4.69, 9.17) is 0 Å². The summed E-state index contributed by atoms with van der Waals surface area (Å²) in [6.45, 7) is 3.50. The van der Waals surface area contributed by atoms with Gasteiger partial charge in [-0.1, -0.05) is 30.7 Å². The number of likely N-dealkylation sites (tertiary alicyclic amines) is 1. The van der Waals surface area contributed by atoms with Crippen LogP contribution in [0.2, 0.25) is 0 Å². The number of benzene rings is 2. The lowest BCUT2D eigenvalue weighted by Crippen LogP contribution is -2.33. The number of hydrogen-bond donors (Lipinski definition) is 3. The van der Waals surface area contributed by atoms with Crippen LogP contribution in [0.3, 0.4) is 0 Å². The van der Waals surface area contributed by atoms with E-state index in [1.54, 1.807) is 67.0 Å². The van der Waals surface area contributed by atoms with Crippen molar-refractivity contribution in [2.75, 3.05) is 36.8 Å². The maximum atomic E-state index is 12.8. The van der Waals surface area contributed by atoms with E-state index in [1.807, 2.05) is 6.07 Å². The summed E-state index contributed by atoms with van der Waals surface area (Å²) in [5.41, 5.74) is 2.21. The molecule has 2 aromatic carbocycles. The molecule has 0 unspecified atom stereocenters. The van der Waals surface area contributed by atoms with Gasteiger partial charge in [-0.25, -0.2) is 13.1 Å². The molecule has 0 atom stereocenters. The predicted molar refractivity (Wildman–Crippen MR) is 138 cm³/mol. The second-order valence-corrected chi connectivity index (χ2v) is 10.3. The number of amides is 1. The molecule has 0 aliphatic carbocycles. The minimum absolute atomic E-state index is 0.180. The molecule has 0 spiro atoms. The van der Waals surface area contributed by atoms with Crippen LogP contribution in [0, 0.1) is 0 Å². The van der Waals surface area contributed by atoms with Crippen LogP contribution in [0.4, 0.5) is 17.1 Å². The number of anilines is 3. The molecule has 0 radical (unpaired) electrons. The zero-order valence-electron chi connectivity index (χ0n) is 19.6. The third kappa shape index (κ3) is 7.11. The van der Waals surface area contributed by atoms with Crippen molar-refractivity contribution in [1.82, 2.24) is 14.6 Å². The molecule has 1 aliphatic rings. The largest absolute Gasteiger partial charge is 0.353 e. The Bertz CT molecular complexity index is 1230. The van der Waals surface area contributed by atoms with Crippen molar-refractivity contribution in [1.29, 1.82) is 0 Å². The van der Waals surface area contributed by atoms with Crippen LogP contribution in [0.1, 0.15) is 36.0 Å². The van der Waals surface area contributed by atoms with Crippen molar-refractivity contribution in [3.8, 4) is 0 Å². The summed E-state index contributed by atoms with van der Waals surface area (Å²) in [6, 6.07) is 17.2. The Morgan fingerprint density at radius 3 is 2.54 bits per heavy atom. The molecule has 0 bridgehead atoms. The SMILES string of the molecule is O=C(Nc1ccncc1Nc1cccc(S(=O)(=O)NCCCN2CCCCC2)c1)c1ccccc1. The number of nitrogens with zero attached hydrogens (tertiary/aromatic N) is 2. The summed E-state index contributed by atoms with van der Waals surface area (Å²) in [4.78, 5) is 19.3. The number of hydrogen-bond acceptors (Lipinski definition) is 6. The van der Waals surface area contributed by atoms with Gasteiger partial charge in [0.05, 0.1) is 22.5 Å². The molecule has 2 heterocycles. The highest BCUT2D eigenvalue weighted by molar-refractivity contribution is 7.89. The van der Waals surface area contributed by atoms with E-state index in [-0.39, 0.29) is 10.8 Å². The molecular formula is C26H31N5O3S. The molecule has 1 fully saturated rings. The highest BCUT2D eigenvalue weighted by Gasteiger charge is 2.16. The Morgan fingerprint density at radius 2 is 1.74 bits per heavy atom. The Morgan fingerprint density at radius 1 is 0.943 bits per heavy atom. The normalized spacial score (nSPS) is 14.4. The molecule has 1 aliphatic heterocycles. The molecule has 3 N–H and O–H groups in total. The molecule has 1 amide bonds. The van der Waals surface area contributed by atoms with E-state index >= 15 is 0 Å². The van der Waals surface area contributed by atoms with Gasteiger partial charge in [-0.3, -0.25) is 9.78 Å². The van der Waals surface area contributed by atoms with Gasteiger partial charge in [0.2, 0.25) is 10.0 Å². The van der Waals surface area contributed by atoms with Gasteiger partial charge in [0.1, 0.15) is 0 Å². The van der Waals surface area contributed by atoms with Crippen molar-refractivity contribution in [3.05, 3.63) is 78.6 Å². The fourth-order valence-corrected chi connectivity index (χ4v) is 5.18. The van der Waals surface area contributed by atoms with E-state index in [0.717, 1.165) is 26.1 Å². The van der Waals surface area contributed by atoms with Crippen LogP contribution in [-0.2, 0) is 10.0 Å². The average molecular weight is 494 g/mol. The Balaban J connectivity index is 1.38. The van der Waals surface area contributed by atoms with E-state index in [9.17, 15) is 13.2 Å². The van der Waals surface area contributed by atoms with Gasteiger partial charge in [0, 0.05) is 24.0 Å².